The fourth-order valence-electron chi connectivity index (χ4n) is 3.76. The van der Waals surface area contributed by atoms with E-state index in [1.54, 1.807) is 18.5 Å². The highest BCUT2D eigenvalue weighted by Gasteiger charge is 2.29. The molecule has 0 bridgehead atoms. The Balaban J connectivity index is 1.52. The van der Waals surface area contributed by atoms with Crippen molar-refractivity contribution in [2.24, 2.45) is 0 Å². The molecule has 0 radical (unpaired) electrons. The first-order valence-electron chi connectivity index (χ1n) is 10.7. The lowest BCUT2D eigenvalue weighted by molar-refractivity contribution is 0.0663. The van der Waals surface area contributed by atoms with Gasteiger partial charge in [0.2, 0.25) is 0 Å². The van der Waals surface area contributed by atoms with Gasteiger partial charge in [-0.2, -0.15) is 0 Å². The highest BCUT2D eigenvalue weighted by atomic mass is 16.5. The van der Waals surface area contributed by atoms with Gasteiger partial charge in [0.1, 0.15) is 5.69 Å². The lowest BCUT2D eigenvalue weighted by Crippen LogP contribution is -2.43. The van der Waals surface area contributed by atoms with Crippen molar-refractivity contribution < 1.29 is 9.53 Å². The predicted molar refractivity (Wildman–Crippen MR) is 120 cm³/mol. The first-order chi connectivity index (χ1) is 15.5. The quantitative estimate of drug-likeness (QED) is 0.553. The normalized spacial score (nSPS) is 15.6. The molecular weight excluding hydrogens is 404 g/mol. The van der Waals surface area contributed by atoms with Crippen molar-refractivity contribution in [3.05, 3.63) is 71.6 Å². The molecule has 0 aromatic carbocycles. The Morgan fingerprint density at radius 1 is 1.03 bits per heavy atom. The monoisotopic (exact) mass is 430 g/mol. The van der Waals surface area contributed by atoms with E-state index in [2.05, 4.69) is 31.0 Å². The maximum absolute atomic E-state index is 13.6. The summed E-state index contributed by atoms with van der Waals surface area (Å²) in [6.07, 6.45) is 8.86. The van der Waals surface area contributed by atoms with Crippen molar-refractivity contribution in [3.63, 3.8) is 0 Å². The Morgan fingerprint density at radius 3 is 2.53 bits per heavy atom. The number of carbonyl (C=O) groups is 1. The zero-order valence-electron chi connectivity index (χ0n) is 18.5. The first kappa shape index (κ1) is 21.5. The molecule has 8 nitrogen and oxygen atoms in total. The lowest BCUT2D eigenvalue weighted by atomic mass is 10.0. The summed E-state index contributed by atoms with van der Waals surface area (Å²) in [6, 6.07) is 7.74. The van der Waals surface area contributed by atoms with Crippen LogP contribution >= 0.6 is 0 Å². The van der Waals surface area contributed by atoms with Gasteiger partial charge in [-0.3, -0.25) is 4.79 Å². The van der Waals surface area contributed by atoms with E-state index in [1.807, 2.05) is 49.9 Å². The van der Waals surface area contributed by atoms with Crippen LogP contribution in [0.3, 0.4) is 0 Å². The topological polar surface area (TPSA) is 94.0 Å². The number of rotatable bonds is 6. The van der Waals surface area contributed by atoms with Crippen LogP contribution in [-0.2, 0) is 0 Å². The minimum absolute atomic E-state index is 0.00902. The molecule has 0 N–H and O–H groups in total. The molecule has 0 spiro atoms. The van der Waals surface area contributed by atoms with Gasteiger partial charge in [-0.25, -0.2) is 24.9 Å². The number of hydrogen-bond donors (Lipinski definition) is 0. The fraction of sp³-hybridized carbons (Fsp3) is 0.333. The van der Waals surface area contributed by atoms with Crippen LogP contribution in [0.2, 0.25) is 0 Å². The Kier molecular flexibility index (Phi) is 6.49. The molecule has 1 aliphatic heterocycles. The molecule has 4 heterocycles. The molecule has 32 heavy (non-hydrogen) atoms. The van der Waals surface area contributed by atoms with Crippen molar-refractivity contribution in [2.75, 3.05) is 13.2 Å². The molecule has 0 saturated carbocycles. The zero-order valence-corrected chi connectivity index (χ0v) is 18.5. The van der Waals surface area contributed by atoms with Gasteiger partial charge < -0.3 is 9.64 Å². The molecule has 1 aliphatic rings. The van der Waals surface area contributed by atoms with E-state index < -0.39 is 0 Å². The zero-order chi connectivity index (χ0) is 22.5. The molecule has 0 unspecified atom stereocenters. The Morgan fingerprint density at radius 2 is 1.78 bits per heavy atom. The van der Waals surface area contributed by atoms with Crippen molar-refractivity contribution in [1.29, 1.82) is 0 Å². The molecule has 0 fully saturated rings. The number of amides is 1. The van der Waals surface area contributed by atoms with Crippen LogP contribution in [-0.4, -0.2) is 54.9 Å². The molecule has 8 heteroatoms. The third-order valence-electron chi connectivity index (χ3n) is 5.27. The molecular formula is C24H26N6O2. The minimum Gasteiger partial charge on any atom is -0.463 e. The smallest absolute Gasteiger partial charge is 0.316 e. The molecule has 164 valence electrons. The second kappa shape index (κ2) is 9.64. The number of pyridine rings is 1. The van der Waals surface area contributed by atoms with Crippen LogP contribution in [0.15, 0.2) is 48.8 Å². The summed E-state index contributed by atoms with van der Waals surface area (Å²) in [7, 11) is 0. The average molecular weight is 431 g/mol. The standard InChI is InChI=1S/C24H26N6O2/c1-16-8-9-20(22-25-11-6-12-26-22)21(27-16)23(31)30-13-5-4-7-19(30)10-14-32-24-28-17(2)15-18(3)29-24/h4-6,8-9,11-12,15,19H,7,10,13-14H2,1-3H3/t19-/m0/s1. The summed E-state index contributed by atoms with van der Waals surface area (Å²) in [4.78, 5) is 37.3. The molecule has 3 aromatic rings. The largest absolute Gasteiger partial charge is 0.463 e. The molecule has 0 saturated heterocycles. The third-order valence-corrected chi connectivity index (χ3v) is 5.27. The lowest BCUT2D eigenvalue weighted by Gasteiger charge is -2.33. The highest BCUT2D eigenvalue weighted by Crippen LogP contribution is 2.24. The summed E-state index contributed by atoms with van der Waals surface area (Å²) in [6.45, 7) is 6.64. The maximum Gasteiger partial charge on any atom is 0.316 e. The number of aryl methyl sites for hydroxylation is 3. The molecule has 4 rings (SSSR count). The third kappa shape index (κ3) is 4.96. The number of hydrogen-bond acceptors (Lipinski definition) is 7. The second-order valence-corrected chi connectivity index (χ2v) is 7.81. The van der Waals surface area contributed by atoms with E-state index in [-0.39, 0.29) is 11.9 Å². The van der Waals surface area contributed by atoms with Gasteiger partial charge in [-0.05, 0) is 51.5 Å². The van der Waals surface area contributed by atoms with Crippen molar-refractivity contribution >= 4 is 5.91 Å². The van der Waals surface area contributed by atoms with Crippen LogP contribution in [0, 0.1) is 20.8 Å². The molecule has 0 aliphatic carbocycles. The Labute approximate surface area is 187 Å². The number of ether oxygens (including phenoxy) is 1. The number of aromatic nitrogens is 5. The van der Waals surface area contributed by atoms with E-state index in [9.17, 15) is 4.79 Å². The highest BCUT2D eigenvalue weighted by molar-refractivity contribution is 5.98. The Hall–Kier alpha value is -3.68. The van der Waals surface area contributed by atoms with Crippen LogP contribution in [0.5, 0.6) is 6.01 Å². The maximum atomic E-state index is 13.6. The molecule has 3 aromatic heterocycles. The van der Waals surface area contributed by atoms with Gasteiger partial charge in [0.25, 0.3) is 5.91 Å². The van der Waals surface area contributed by atoms with Crippen molar-refractivity contribution in [2.45, 2.75) is 39.7 Å². The summed E-state index contributed by atoms with van der Waals surface area (Å²) in [5.74, 6) is 0.357. The summed E-state index contributed by atoms with van der Waals surface area (Å²) in [5.41, 5.74) is 3.51. The SMILES string of the molecule is Cc1cc(C)nc(OCC[C@@H]2CC=CCN2C(=O)c2nc(C)ccc2-c2ncccn2)n1. The minimum atomic E-state index is -0.131. The van der Waals surface area contributed by atoms with E-state index >= 15 is 0 Å². The van der Waals surface area contributed by atoms with Gasteiger partial charge in [-0.1, -0.05) is 12.2 Å². The van der Waals surface area contributed by atoms with Gasteiger partial charge in [-0.15, -0.1) is 0 Å². The second-order valence-electron chi connectivity index (χ2n) is 7.81. The summed E-state index contributed by atoms with van der Waals surface area (Å²) in [5, 5.41) is 0. The molecule has 1 atom stereocenters. The number of nitrogens with zero attached hydrogens (tertiary/aromatic N) is 6. The summed E-state index contributed by atoms with van der Waals surface area (Å²) >= 11 is 0. The van der Waals surface area contributed by atoms with E-state index in [0.717, 1.165) is 23.5 Å². The van der Waals surface area contributed by atoms with Gasteiger partial charge >= 0.3 is 6.01 Å². The summed E-state index contributed by atoms with van der Waals surface area (Å²) < 4.78 is 5.80. The van der Waals surface area contributed by atoms with Crippen LogP contribution in [0.25, 0.3) is 11.4 Å². The van der Waals surface area contributed by atoms with Crippen molar-refractivity contribution in [3.8, 4) is 17.4 Å². The Bertz CT molecular complexity index is 1110. The number of carbonyl (C=O) groups excluding carboxylic acids is 1. The first-order valence-corrected chi connectivity index (χ1v) is 10.7. The van der Waals surface area contributed by atoms with Crippen LogP contribution in [0.4, 0.5) is 0 Å². The van der Waals surface area contributed by atoms with Crippen LogP contribution < -0.4 is 4.74 Å². The van der Waals surface area contributed by atoms with E-state index in [4.69, 9.17) is 4.74 Å². The van der Waals surface area contributed by atoms with E-state index in [1.165, 1.54) is 0 Å². The molecule has 1 amide bonds. The van der Waals surface area contributed by atoms with Crippen molar-refractivity contribution in [1.82, 2.24) is 29.8 Å². The van der Waals surface area contributed by atoms with Gasteiger partial charge in [0.05, 0.1) is 12.2 Å². The van der Waals surface area contributed by atoms with Gasteiger partial charge in [0, 0.05) is 48.5 Å². The fourth-order valence-corrected chi connectivity index (χ4v) is 3.76. The van der Waals surface area contributed by atoms with Gasteiger partial charge in [0.15, 0.2) is 5.82 Å². The van der Waals surface area contributed by atoms with E-state index in [0.29, 0.717) is 42.7 Å². The average Bonchev–Trinajstić information content (AvgIpc) is 2.79. The predicted octanol–water partition coefficient (Wildman–Crippen LogP) is 3.49. The van der Waals surface area contributed by atoms with Crippen LogP contribution in [0.1, 0.15) is 40.4 Å².